The highest BCUT2D eigenvalue weighted by molar-refractivity contribution is 7.89. The van der Waals surface area contributed by atoms with Gasteiger partial charge in [-0.25, -0.2) is 22.9 Å². The van der Waals surface area contributed by atoms with Crippen LogP contribution in [0.3, 0.4) is 0 Å². The van der Waals surface area contributed by atoms with Crippen molar-refractivity contribution in [3.63, 3.8) is 0 Å². The molecule has 4 aliphatic rings. The van der Waals surface area contributed by atoms with Gasteiger partial charge in [-0.15, -0.1) is 0 Å². The zero-order valence-corrected chi connectivity index (χ0v) is 21.7. The standard InChI is InChI=1S/C25H32N6O4S/c1-24(6-7-24)28-36(34,35)17-12-19-18(4-5-21(26-19)27-22(32)25-14-16(25)15-25)20(13-17)30-8-10-31(11-9-30)23(33)29(2)3/h4-5,12-13,16,28H,6-11,14-15H2,1-3H3,(H,26,27,32). The number of aromatic nitrogens is 1. The Balaban J connectivity index is 1.34. The summed E-state index contributed by atoms with van der Waals surface area (Å²) in [6, 6.07) is 6.93. The van der Waals surface area contributed by atoms with Crippen LogP contribution < -0.4 is 14.9 Å². The largest absolute Gasteiger partial charge is 0.367 e. The number of piperazine rings is 1. The number of pyridine rings is 1. The van der Waals surface area contributed by atoms with Gasteiger partial charge >= 0.3 is 6.03 Å². The maximum atomic E-state index is 13.3. The number of carbonyl (C=O) groups is 2. The number of amides is 3. The van der Waals surface area contributed by atoms with Crippen molar-refractivity contribution < 1.29 is 18.0 Å². The number of rotatable bonds is 6. The van der Waals surface area contributed by atoms with E-state index in [9.17, 15) is 18.0 Å². The van der Waals surface area contributed by atoms with E-state index in [2.05, 4.69) is 19.9 Å². The maximum absolute atomic E-state index is 13.3. The summed E-state index contributed by atoms with van der Waals surface area (Å²) in [7, 11) is -0.293. The van der Waals surface area contributed by atoms with Crippen LogP contribution in [0.2, 0.25) is 0 Å². The lowest BCUT2D eigenvalue weighted by atomic mass is 10.1. The normalized spacial score (nSPS) is 25.8. The Morgan fingerprint density at radius 2 is 1.75 bits per heavy atom. The highest BCUT2D eigenvalue weighted by Gasteiger charge is 2.74. The fourth-order valence-electron chi connectivity index (χ4n) is 5.08. The van der Waals surface area contributed by atoms with Gasteiger partial charge in [0.1, 0.15) is 5.82 Å². The number of hydrogen-bond acceptors (Lipinski definition) is 6. The summed E-state index contributed by atoms with van der Waals surface area (Å²) in [5.74, 6) is 0.964. The van der Waals surface area contributed by atoms with Crippen molar-refractivity contribution in [1.29, 1.82) is 0 Å². The first kappa shape index (κ1) is 23.5. The van der Waals surface area contributed by atoms with Crippen LogP contribution in [0, 0.1) is 11.3 Å². The summed E-state index contributed by atoms with van der Waals surface area (Å²) in [4.78, 5) is 35.3. The lowest BCUT2D eigenvalue weighted by Gasteiger charge is -2.37. The van der Waals surface area contributed by atoms with Crippen LogP contribution in [0.1, 0.15) is 32.6 Å². The molecule has 0 spiro atoms. The Labute approximate surface area is 211 Å². The van der Waals surface area contributed by atoms with Gasteiger partial charge in [0.2, 0.25) is 15.9 Å². The van der Waals surface area contributed by atoms with Crippen LogP contribution in [0.5, 0.6) is 0 Å². The lowest BCUT2D eigenvalue weighted by Crippen LogP contribution is -2.51. The fourth-order valence-corrected chi connectivity index (χ4v) is 6.59. The van der Waals surface area contributed by atoms with Crippen molar-refractivity contribution in [3.8, 4) is 0 Å². The number of hydrogen-bond donors (Lipinski definition) is 2. The van der Waals surface area contributed by atoms with Crippen molar-refractivity contribution >= 4 is 44.4 Å². The topological polar surface area (TPSA) is 115 Å². The van der Waals surface area contributed by atoms with Gasteiger partial charge in [-0.1, -0.05) is 0 Å². The monoisotopic (exact) mass is 512 g/mol. The zero-order valence-electron chi connectivity index (χ0n) is 20.9. The molecule has 2 heterocycles. The van der Waals surface area contributed by atoms with Crippen LogP contribution in [0.4, 0.5) is 16.3 Å². The highest BCUT2D eigenvalue weighted by Crippen LogP contribution is 2.75. The van der Waals surface area contributed by atoms with Gasteiger partial charge < -0.3 is 20.0 Å². The maximum Gasteiger partial charge on any atom is 0.319 e. The van der Waals surface area contributed by atoms with Crippen LogP contribution in [0.15, 0.2) is 29.2 Å². The molecule has 0 unspecified atom stereocenters. The lowest BCUT2D eigenvalue weighted by molar-refractivity contribution is -0.119. The molecule has 1 aromatic carbocycles. The second-order valence-electron chi connectivity index (χ2n) is 11.2. The fraction of sp³-hybridized carbons (Fsp3) is 0.560. The van der Waals surface area contributed by atoms with Crippen molar-refractivity contribution in [2.45, 2.75) is 43.0 Å². The number of sulfonamides is 1. The first-order chi connectivity index (χ1) is 17.0. The number of nitrogens with zero attached hydrogens (tertiary/aromatic N) is 4. The molecule has 2 N–H and O–H groups in total. The highest BCUT2D eigenvalue weighted by atomic mass is 32.2. The summed E-state index contributed by atoms with van der Waals surface area (Å²) in [6.07, 6.45) is 3.52. The SMILES string of the molecule is CN(C)C(=O)N1CCN(c2cc(S(=O)(=O)NC3(C)CC3)cc3nc(NC(=O)C45CC4C5)ccc23)CC1. The van der Waals surface area contributed by atoms with E-state index in [0.717, 1.165) is 36.8 Å². The Morgan fingerprint density at radius 1 is 1.08 bits per heavy atom. The third kappa shape index (κ3) is 4.07. The average Bonchev–Trinajstić information content (AvgIpc) is 3.75. The van der Waals surface area contributed by atoms with E-state index in [1.807, 2.05) is 13.0 Å². The second-order valence-corrected chi connectivity index (χ2v) is 12.9. The summed E-state index contributed by atoms with van der Waals surface area (Å²) in [5.41, 5.74) is 0.693. The number of anilines is 2. The van der Waals surface area contributed by atoms with E-state index in [-0.39, 0.29) is 22.2 Å². The molecule has 11 heteroatoms. The molecule has 3 aliphatic carbocycles. The predicted octanol–water partition coefficient (Wildman–Crippen LogP) is 2.22. The molecule has 1 aliphatic heterocycles. The van der Waals surface area contributed by atoms with Crippen molar-refractivity contribution in [1.82, 2.24) is 19.5 Å². The molecule has 0 radical (unpaired) electrons. The first-order valence-electron chi connectivity index (χ1n) is 12.5. The summed E-state index contributed by atoms with van der Waals surface area (Å²) in [5, 5.41) is 3.75. The molecule has 1 saturated heterocycles. The van der Waals surface area contributed by atoms with E-state index in [1.54, 1.807) is 42.1 Å². The predicted molar refractivity (Wildman–Crippen MR) is 136 cm³/mol. The Kier molecular flexibility index (Phi) is 5.08. The second kappa shape index (κ2) is 7.79. The van der Waals surface area contributed by atoms with E-state index in [0.29, 0.717) is 43.4 Å². The minimum Gasteiger partial charge on any atom is -0.367 e. The van der Waals surface area contributed by atoms with Crippen LogP contribution in [-0.2, 0) is 14.8 Å². The Hall–Kier alpha value is -2.92. The van der Waals surface area contributed by atoms with Crippen LogP contribution in [-0.4, -0.2) is 81.0 Å². The molecule has 192 valence electrons. The van der Waals surface area contributed by atoms with Gasteiger partial charge in [0.15, 0.2) is 0 Å². The number of benzene rings is 1. The quantitative estimate of drug-likeness (QED) is 0.613. The van der Waals surface area contributed by atoms with Gasteiger partial charge in [0, 0.05) is 56.9 Å². The third-order valence-electron chi connectivity index (χ3n) is 8.10. The molecule has 6 rings (SSSR count). The Morgan fingerprint density at radius 3 is 2.33 bits per heavy atom. The van der Waals surface area contributed by atoms with Crippen LogP contribution >= 0.6 is 0 Å². The van der Waals surface area contributed by atoms with E-state index >= 15 is 0 Å². The number of fused-ring (bicyclic) bond motifs is 2. The average molecular weight is 513 g/mol. The molecule has 0 atom stereocenters. The number of nitrogens with one attached hydrogen (secondary N) is 2. The summed E-state index contributed by atoms with van der Waals surface area (Å²) in [6.45, 7) is 4.13. The van der Waals surface area contributed by atoms with E-state index < -0.39 is 15.6 Å². The summed E-state index contributed by atoms with van der Waals surface area (Å²) >= 11 is 0. The van der Waals surface area contributed by atoms with Gasteiger partial charge in [-0.3, -0.25) is 4.79 Å². The minimum atomic E-state index is -3.76. The molecular formula is C25H32N6O4S. The van der Waals surface area contributed by atoms with Gasteiger partial charge in [-0.2, -0.15) is 0 Å². The Bertz CT molecular complexity index is 1370. The number of carbonyl (C=O) groups excluding carboxylic acids is 2. The molecule has 2 aromatic rings. The molecule has 36 heavy (non-hydrogen) atoms. The molecule has 3 saturated carbocycles. The molecule has 1 aromatic heterocycles. The molecular weight excluding hydrogens is 480 g/mol. The first-order valence-corrected chi connectivity index (χ1v) is 14.0. The third-order valence-corrected chi connectivity index (χ3v) is 9.72. The molecule has 10 nitrogen and oxygen atoms in total. The van der Waals surface area contributed by atoms with Crippen molar-refractivity contribution in [2.24, 2.45) is 11.3 Å². The van der Waals surface area contributed by atoms with Gasteiger partial charge in [0.05, 0.1) is 15.8 Å². The molecule has 0 bridgehead atoms. The molecule has 4 fully saturated rings. The van der Waals surface area contributed by atoms with Gasteiger partial charge in [0.25, 0.3) is 0 Å². The van der Waals surface area contributed by atoms with E-state index in [1.165, 1.54) is 0 Å². The molecule has 3 amide bonds. The van der Waals surface area contributed by atoms with E-state index in [4.69, 9.17) is 0 Å². The number of urea groups is 1. The smallest absolute Gasteiger partial charge is 0.319 e. The van der Waals surface area contributed by atoms with Crippen molar-refractivity contribution in [3.05, 3.63) is 24.3 Å². The zero-order chi connectivity index (χ0) is 25.5. The van der Waals surface area contributed by atoms with Crippen LogP contribution in [0.25, 0.3) is 10.9 Å². The minimum absolute atomic E-state index is 0.00774. The van der Waals surface area contributed by atoms with Crippen molar-refractivity contribution in [2.75, 3.05) is 50.5 Å². The summed E-state index contributed by atoms with van der Waals surface area (Å²) < 4.78 is 29.4. The van der Waals surface area contributed by atoms with Gasteiger partial charge in [-0.05, 0) is 62.8 Å².